The van der Waals surface area contributed by atoms with Gasteiger partial charge < -0.3 is 4.98 Å². The number of aromatic nitrogens is 1. The summed E-state index contributed by atoms with van der Waals surface area (Å²) in [5, 5.41) is 1.10. The predicted molar refractivity (Wildman–Crippen MR) is 78.0 cm³/mol. The fourth-order valence-corrected chi connectivity index (χ4v) is 3.39. The van der Waals surface area contributed by atoms with Crippen molar-refractivity contribution >= 4 is 10.9 Å². The first-order valence-electron chi connectivity index (χ1n) is 7.16. The second kappa shape index (κ2) is 4.09. The van der Waals surface area contributed by atoms with Gasteiger partial charge >= 0.3 is 0 Å². The van der Waals surface area contributed by atoms with E-state index in [0.29, 0.717) is 11.3 Å². The molecule has 1 aromatic heterocycles. The molecule has 102 valence electrons. The molecule has 2 heteroatoms. The minimum Gasteiger partial charge on any atom is -0.358 e. The molecule has 1 N–H and O–H groups in total. The molecule has 1 heterocycles. The van der Waals surface area contributed by atoms with Crippen LogP contribution in [-0.2, 0) is 12.8 Å². The number of aryl methyl sites for hydroxylation is 2. The Bertz CT molecular complexity index is 631. The molecule has 3 rings (SSSR count). The molecule has 0 saturated carbocycles. The zero-order valence-corrected chi connectivity index (χ0v) is 12.2. The first-order chi connectivity index (χ1) is 8.86. The Morgan fingerprint density at radius 1 is 1.26 bits per heavy atom. The Balaban J connectivity index is 2.13. The van der Waals surface area contributed by atoms with E-state index in [1.165, 1.54) is 17.7 Å². The van der Waals surface area contributed by atoms with Crippen LogP contribution in [0.15, 0.2) is 12.1 Å². The average molecular weight is 259 g/mol. The Morgan fingerprint density at radius 2 is 2.00 bits per heavy atom. The lowest BCUT2D eigenvalue weighted by Gasteiger charge is -2.34. The van der Waals surface area contributed by atoms with E-state index in [4.69, 9.17) is 0 Å². The summed E-state index contributed by atoms with van der Waals surface area (Å²) < 4.78 is 13.7. The van der Waals surface area contributed by atoms with Crippen molar-refractivity contribution in [1.29, 1.82) is 0 Å². The summed E-state index contributed by atoms with van der Waals surface area (Å²) >= 11 is 0. The van der Waals surface area contributed by atoms with Crippen LogP contribution in [0.25, 0.3) is 10.9 Å². The highest BCUT2D eigenvalue weighted by molar-refractivity contribution is 5.87. The van der Waals surface area contributed by atoms with E-state index in [0.717, 1.165) is 29.3 Å². The second-order valence-electron chi connectivity index (χ2n) is 7.03. The molecule has 0 bridgehead atoms. The maximum atomic E-state index is 13.7. The van der Waals surface area contributed by atoms with Gasteiger partial charge in [-0.1, -0.05) is 20.8 Å². The fraction of sp³-hybridized carbons (Fsp3) is 0.529. The van der Waals surface area contributed by atoms with E-state index in [9.17, 15) is 4.39 Å². The molecule has 0 fully saturated rings. The van der Waals surface area contributed by atoms with Crippen molar-refractivity contribution in [2.75, 3.05) is 0 Å². The molecule has 1 nitrogen and oxygen atoms in total. The highest BCUT2D eigenvalue weighted by atomic mass is 19.1. The van der Waals surface area contributed by atoms with Crippen molar-refractivity contribution in [3.8, 4) is 0 Å². The Labute approximate surface area is 114 Å². The van der Waals surface area contributed by atoms with Crippen LogP contribution in [0.2, 0.25) is 0 Å². The van der Waals surface area contributed by atoms with Gasteiger partial charge in [0.05, 0.1) is 0 Å². The highest BCUT2D eigenvalue weighted by Crippen LogP contribution is 2.40. The van der Waals surface area contributed by atoms with Gasteiger partial charge in [-0.2, -0.15) is 0 Å². The summed E-state index contributed by atoms with van der Waals surface area (Å²) in [5.41, 5.74) is 5.13. The third kappa shape index (κ3) is 2.07. The van der Waals surface area contributed by atoms with Crippen molar-refractivity contribution in [2.24, 2.45) is 11.3 Å². The van der Waals surface area contributed by atoms with Gasteiger partial charge in [-0.15, -0.1) is 0 Å². The molecule has 1 aromatic carbocycles. The molecule has 19 heavy (non-hydrogen) atoms. The van der Waals surface area contributed by atoms with E-state index in [-0.39, 0.29) is 5.82 Å². The molecule has 0 aliphatic heterocycles. The van der Waals surface area contributed by atoms with E-state index in [1.54, 1.807) is 12.1 Å². The van der Waals surface area contributed by atoms with Gasteiger partial charge in [0.1, 0.15) is 5.82 Å². The average Bonchev–Trinajstić information content (AvgIpc) is 2.66. The largest absolute Gasteiger partial charge is 0.358 e. The zero-order chi connectivity index (χ0) is 13.8. The van der Waals surface area contributed by atoms with E-state index >= 15 is 0 Å². The van der Waals surface area contributed by atoms with Crippen molar-refractivity contribution in [1.82, 2.24) is 4.98 Å². The number of halogens is 1. The zero-order valence-electron chi connectivity index (χ0n) is 12.2. The SMILES string of the molecule is Cc1cc(F)cc2c3c([nH]c12)CCC(C(C)(C)C)C3. The molecular weight excluding hydrogens is 237 g/mol. The number of rotatable bonds is 0. The molecule has 0 saturated heterocycles. The van der Waals surface area contributed by atoms with Crippen LogP contribution in [-0.4, -0.2) is 4.98 Å². The van der Waals surface area contributed by atoms with Crippen LogP contribution in [0, 0.1) is 24.1 Å². The molecule has 1 aliphatic carbocycles. The van der Waals surface area contributed by atoms with Gasteiger partial charge in [-0.25, -0.2) is 4.39 Å². The van der Waals surface area contributed by atoms with Gasteiger partial charge in [0.15, 0.2) is 0 Å². The molecule has 1 aliphatic rings. The summed E-state index contributed by atoms with van der Waals surface area (Å²) in [6.07, 6.45) is 3.39. The summed E-state index contributed by atoms with van der Waals surface area (Å²) in [7, 11) is 0. The lowest BCUT2D eigenvalue weighted by atomic mass is 9.71. The number of fused-ring (bicyclic) bond motifs is 3. The molecule has 0 radical (unpaired) electrons. The number of H-pyrrole nitrogens is 1. The third-order valence-electron chi connectivity index (χ3n) is 4.68. The van der Waals surface area contributed by atoms with Crippen molar-refractivity contribution in [2.45, 2.75) is 47.0 Å². The lowest BCUT2D eigenvalue weighted by Crippen LogP contribution is -2.26. The second-order valence-corrected chi connectivity index (χ2v) is 7.03. The third-order valence-corrected chi connectivity index (χ3v) is 4.68. The number of hydrogen-bond acceptors (Lipinski definition) is 0. The topological polar surface area (TPSA) is 15.8 Å². The van der Waals surface area contributed by atoms with Gasteiger partial charge in [0, 0.05) is 16.6 Å². The van der Waals surface area contributed by atoms with Crippen LogP contribution in [0.1, 0.15) is 44.0 Å². The Kier molecular flexibility index (Phi) is 2.74. The maximum Gasteiger partial charge on any atom is 0.124 e. The standard InChI is InChI=1S/C17H22FN/c1-10-7-12(18)9-14-13-8-11(17(2,3)4)5-6-15(13)19-16(10)14/h7,9,11,19H,5-6,8H2,1-4H3. The summed E-state index contributed by atoms with van der Waals surface area (Å²) in [5.74, 6) is 0.562. The van der Waals surface area contributed by atoms with Crippen LogP contribution >= 0.6 is 0 Å². The maximum absolute atomic E-state index is 13.7. The van der Waals surface area contributed by atoms with E-state index in [1.807, 2.05) is 6.92 Å². The Hall–Kier alpha value is -1.31. The minimum absolute atomic E-state index is 0.121. The van der Waals surface area contributed by atoms with Crippen LogP contribution < -0.4 is 0 Å². The summed E-state index contributed by atoms with van der Waals surface area (Å²) in [6, 6.07) is 3.31. The van der Waals surface area contributed by atoms with Crippen molar-refractivity contribution < 1.29 is 4.39 Å². The fourth-order valence-electron chi connectivity index (χ4n) is 3.39. The molecule has 2 aromatic rings. The molecule has 0 amide bonds. The normalized spacial score (nSPS) is 19.7. The molecule has 0 spiro atoms. The number of hydrogen-bond donors (Lipinski definition) is 1. The Morgan fingerprint density at radius 3 is 2.68 bits per heavy atom. The minimum atomic E-state index is -0.121. The van der Waals surface area contributed by atoms with Crippen molar-refractivity contribution in [3.05, 3.63) is 34.8 Å². The van der Waals surface area contributed by atoms with E-state index in [2.05, 4.69) is 25.8 Å². The monoisotopic (exact) mass is 259 g/mol. The smallest absolute Gasteiger partial charge is 0.124 e. The van der Waals surface area contributed by atoms with Crippen LogP contribution in [0.4, 0.5) is 4.39 Å². The predicted octanol–water partition coefficient (Wildman–Crippen LogP) is 4.77. The molecular formula is C17H22FN. The summed E-state index contributed by atoms with van der Waals surface area (Å²) in [4.78, 5) is 3.52. The summed E-state index contributed by atoms with van der Waals surface area (Å²) in [6.45, 7) is 8.91. The number of benzene rings is 1. The van der Waals surface area contributed by atoms with Gasteiger partial charge in [-0.3, -0.25) is 0 Å². The lowest BCUT2D eigenvalue weighted by molar-refractivity contribution is 0.216. The quantitative estimate of drug-likeness (QED) is 0.701. The van der Waals surface area contributed by atoms with Crippen molar-refractivity contribution in [3.63, 3.8) is 0 Å². The molecule has 1 unspecified atom stereocenters. The van der Waals surface area contributed by atoms with Gasteiger partial charge in [0.25, 0.3) is 0 Å². The van der Waals surface area contributed by atoms with Gasteiger partial charge in [0.2, 0.25) is 0 Å². The highest BCUT2D eigenvalue weighted by Gasteiger charge is 2.30. The van der Waals surface area contributed by atoms with Gasteiger partial charge in [-0.05, 0) is 60.8 Å². The molecule has 1 atom stereocenters. The van der Waals surface area contributed by atoms with Crippen LogP contribution in [0.5, 0.6) is 0 Å². The number of aromatic amines is 1. The first-order valence-corrected chi connectivity index (χ1v) is 7.16. The van der Waals surface area contributed by atoms with Crippen LogP contribution in [0.3, 0.4) is 0 Å². The first kappa shape index (κ1) is 12.7. The number of nitrogens with one attached hydrogen (secondary N) is 1. The van der Waals surface area contributed by atoms with E-state index < -0.39 is 0 Å².